The third-order valence-electron chi connectivity index (χ3n) is 3.00. The summed E-state index contributed by atoms with van der Waals surface area (Å²) >= 11 is 1.70. The van der Waals surface area contributed by atoms with Gasteiger partial charge in [0.1, 0.15) is 11.4 Å². The lowest BCUT2D eigenvalue weighted by Crippen LogP contribution is -2.33. The molecular weight excluding hydrogens is 298 g/mol. The predicted molar refractivity (Wildman–Crippen MR) is 90.9 cm³/mol. The molecule has 0 spiro atoms. The maximum Gasteiger partial charge on any atom is 0.407 e. The van der Waals surface area contributed by atoms with Gasteiger partial charge in [0.05, 0.1) is 6.61 Å². The van der Waals surface area contributed by atoms with Crippen LogP contribution in [0.2, 0.25) is 0 Å². The van der Waals surface area contributed by atoms with Gasteiger partial charge in [-0.1, -0.05) is 0 Å². The molecule has 1 aromatic heterocycles. The zero-order valence-corrected chi connectivity index (χ0v) is 14.4. The topological polar surface area (TPSA) is 47.6 Å². The average Bonchev–Trinajstić information content (AvgIpc) is 2.84. The number of ether oxygens (including phenoxy) is 2. The first-order chi connectivity index (χ1) is 10.4. The largest absolute Gasteiger partial charge is 0.494 e. The smallest absolute Gasteiger partial charge is 0.407 e. The molecule has 0 bridgehead atoms. The molecule has 1 aromatic carbocycles. The molecule has 4 nitrogen and oxygen atoms in total. The highest BCUT2D eigenvalue weighted by atomic mass is 32.1. The van der Waals surface area contributed by atoms with Gasteiger partial charge in [0.25, 0.3) is 0 Å². The van der Waals surface area contributed by atoms with Crippen LogP contribution < -0.4 is 10.1 Å². The summed E-state index contributed by atoms with van der Waals surface area (Å²) < 4.78 is 12.2. The Labute approximate surface area is 135 Å². The monoisotopic (exact) mass is 321 g/mol. The van der Waals surface area contributed by atoms with Crippen LogP contribution in [0.4, 0.5) is 4.79 Å². The Balaban J connectivity index is 2.00. The number of amides is 1. The number of hydrogen-bond acceptors (Lipinski definition) is 4. The van der Waals surface area contributed by atoms with Gasteiger partial charge >= 0.3 is 6.09 Å². The quantitative estimate of drug-likeness (QED) is 0.889. The minimum Gasteiger partial charge on any atom is -0.494 e. The van der Waals surface area contributed by atoms with Gasteiger partial charge < -0.3 is 14.8 Å². The summed E-state index contributed by atoms with van der Waals surface area (Å²) in [6.45, 7) is 8.67. The molecule has 0 atom stereocenters. The molecule has 0 fully saturated rings. The van der Waals surface area contributed by atoms with E-state index in [4.69, 9.17) is 9.47 Å². The van der Waals surface area contributed by atoms with Crippen LogP contribution in [0.25, 0.3) is 10.1 Å². The van der Waals surface area contributed by atoms with Gasteiger partial charge in [-0.15, -0.1) is 11.3 Å². The maximum atomic E-state index is 11.7. The van der Waals surface area contributed by atoms with Gasteiger partial charge in [-0.05, 0) is 68.6 Å². The van der Waals surface area contributed by atoms with Crippen molar-refractivity contribution in [2.75, 3.05) is 13.2 Å². The molecule has 2 rings (SSSR count). The first-order valence-corrected chi connectivity index (χ1v) is 8.37. The molecule has 2 aromatic rings. The van der Waals surface area contributed by atoms with E-state index in [1.54, 1.807) is 11.3 Å². The molecular formula is C17H23NO3S. The van der Waals surface area contributed by atoms with E-state index in [9.17, 15) is 4.79 Å². The molecule has 5 heteroatoms. The Hall–Kier alpha value is -1.75. The van der Waals surface area contributed by atoms with Crippen molar-refractivity contribution in [3.8, 4) is 5.75 Å². The van der Waals surface area contributed by atoms with Crippen molar-refractivity contribution in [3.05, 3.63) is 29.1 Å². The Morgan fingerprint density at radius 2 is 2.09 bits per heavy atom. The highest BCUT2D eigenvalue weighted by molar-refractivity contribution is 7.17. The van der Waals surface area contributed by atoms with Gasteiger partial charge in [0, 0.05) is 11.2 Å². The SMILES string of the molecule is CCOc1cc2sccc2cc1CCNC(=O)OC(C)(C)C. The Bertz CT molecular complexity index is 643. The van der Waals surface area contributed by atoms with Gasteiger partial charge in [-0.3, -0.25) is 0 Å². The standard InChI is InChI=1S/C17H23NO3S/c1-5-20-14-11-15-13(7-9-22-15)10-12(14)6-8-18-16(19)21-17(2,3)4/h7,9-11H,5-6,8H2,1-4H3,(H,18,19). The summed E-state index contributed by atoms with van der Waals surface area (Å²) in [7, 11) is 0. The van der Waals surface area contributed by atoms with E-state index in [0.29, 0.717) is 19.6 Å². The number of alkyl carbamates (subject to hydrolysis) is 1. The normalized spacial score (nSPS) is 11.5. The summed E-state index contributed by atoms with van der Waals surface area (Å²) in [6, 6.07) is 6.31. The molecule has 0 aliphatic heterocycles. The average molecular weight is 321 g/mol. The van der Waals surface area contributed by atoms with Crippen molar-refractivity contribution in [3.63, 3.8) is 0 Å². The predicted octanol–water partition coefficient (Wildman–Crippen LogP) is 4.37. The number of benzene rings is 1. The van der Waals surface area contributed by atoms with Crippen molar-refractivity contribution in [1.82, 2.24) is 5.32 Å². The Morgan fingerprint density at radius 1 is 1.32 bits per heavy atom. The third-order valence-corrected chi connectivity index (χ3v) is 3.88. The Morgan fingerprint density at radius 3 is 2.77 bits per heavy atom. The molecule has 0 aliphatic carbocycles. The number of hydrogen-bond donors (Lipinski definition) is 1. The third kappa shape index (κ3) is 4.63. The fourth-order valence-electron chi connectivity index (χ4n) is 2.14. The summed E-state index contributed by atoms with van der Waals surface area (Å²) in [5, 5.41) is 6.07. The van der Waals surface area contributed by atoms with E-state index in [0.717, 1.165) is 11.3 Å². The van der Waals surface area contributed by atoms with Gasteiger partial charge in [-0.25, -0.2) is 4.79 Å². The second-order valence-corrected chi connectivity index (χ2v) is 6.98. The number of carbonyl (C=O) groups excluding carboxylic acids is 1. The lowest BCUT2D eigenvalue weighted by molar-refractivity contribution is 0.0528. The first-order valence-electron chi connectivity index (χ1n) is 7.49. The zero-order chi connectivity index (χ0) is 16.2. The van der Waals surface area contributed by atoms with Gasteiger partial charge in [0.2, 0.25) is 0 Å². The molecule has 120 valence electrons. The zero-order valence-electron chi connectivity index (χ0n) is 13.6. The number of rotatable bonds is 5. The van der Waals surface area contributed by atoms with E-state index in [2.05, 4.69) is 28.9 Å². The second-order valence-electron chi connectivity index (χ2n) is 6.03. The molecule has 1 heterocycles. The van der Waals surface area contributed by atoms with Crippen LogP contribution in [-0.2, 0) is 11.2 Å². The lowest BCUT2D eigenvalue weighted by atomic mass is 10.1. The van der Waals surface area contributed by atoms with Crippen LogP contribution in [0.5, 0.6) is 5.75 Å². The van der Waals surface area contributed by atoms with Crippen LogP contribution >= 0.6 is 11.3 Å². The molecule has 1 amide bonds. The van der Waals surface area contributed by atoms with E-state index in [1.165, 1.54) is 10.1 Å². The lowest BCUT2D eigenvalue weighted by Gasteiger charge is -2.19. The van der Waals surface area contributed by atoms with E-state index >= 15 is 0 Å². The van der Waals surface area contributed by atoms with Crippen LogP contribution in [0.15, 0.2) is 23.6 Å². The molecule has 0 radical (unpaired) electrons. The summed E-state index contributed by atoms with van der Waals surface area (Å²) in [4.78, 5) is 11.7. The van der Waals surface area contributed by atoms with Gasteiger partial charge in [0.15, 0.2) is 0 Å². The molecule has 1 N–H and O–H groups in total. The highest BCUT2D eigenvalue weighted by Gasteiger charge is 2.16. The molecule has 0 aliphatic rings. The molecule has 0 unspecified atom stereocenters. The van der Waals surface area contributed by atoms with Gasteiger partial charge in [-0.2, -0.15) is 0 Å². The van der Waals surface area contributed by atoms with Crippen molar-refractivity contribution >= 4 is 27.5 Å². The fraction of sp³-hybridized carbons (Fsp3) is 0.471. The van der Waals surface area contributed by atoms with Crippen LogP contribution in [0.1, 0.15) is 33.3 Å². The van der Waals surface area contributed by atoms with Crippen molar-refractivity contribution in [2.45, 2.75) is 39.7 Å². The van der Waals surface area contributed by atoms with Crippen LogP contribution in [0.3, 0.4) is 0 Å². The Kier molecular flexibility index (Phi) is 5.29. The number of carbonyl (C=O) groups is 1. The summed E-state index contributed by atoms with van der Waals surface area (Å²) in [5.74, 6) is 0.892. The maximum absolute atomic E-state index is 11.7. The van der Waals surface area contributed by atoms with Crippen LogP contribution in [-0.4, -0.2) is 24.8 Å². The van der Waals surface area contributed by atoms with Crippen LogP contribution in [0, 0.1) is 0 Å². The fourth-order valence-corrected chi connectivity index (χ4v) is 2.94. The number of nitrogens with one attached hydrogen (secondary N) is 1. The molecule has 22 heavy (non-hydrogen) atoms. The van der Waals surface area contributed by atoms with Crippen molar-refractivity contribution in [1.29, 1.82) is 0 Å². The second kappa shape index (κ2) is 7.01. The highest BCUT2D eigenvalue weighted by Crippen LogP contribution is 2.30. The van der Waals surface area contributed by atoms with Crippen molar-refractivity contribution in [2.24, 2.45) is 0 Å². The van der Waals surface area contributed by atoms with E-state index < -0.39 is 5.60 Å². The number of thiophene rings is 1. The first kappa shape index (κ1) is 16.6. The van der Waals surface area contributed by atoms with E-state index in [1.807, 2.05) is 27.7 Å². The molecule has 0 saturated heterocycles. The summed E-state index contributed by atoms with van der Waals surface area (Å²) in [5.41, 5.74) is 0.625. The summed E-state index contributed by atoms with van der Waals surface area (Å²) in [6.07, 6.45) is 0.322. The van der Waals surface area contributed by atoms with E-state index in [-0.39, 0.29) is 6.09 Å². The number of fused-ring (bicyclic) bond motifs is 1. The minimum atomic E-state index is -0.476. The minimum absolute atomic E-state index is 0.387. The molecule has 0 saturated carbocycles. The van der Waals surface area contributed by atoms with Crippen molar-refractivity contribution < 1.29 is 14.3 Å².